The predicted octanol–water partition coefficient (Wildman–Crippen LogP) is 6.98. The maximum Gasteiger partial charge on any atom is 0.411 e. The maximum absolute atomic E-state index is 14.0. The van der Waals surface area contributed by atoms with Crippen LogP contribution in [0.5, 0.6) is 5.75 Å². The number of likely N-dealkylation sites (tertiary alicyclic amines) is 1. The lowest BCUT2D eigenvalue weighted by Gasteiger charge is -2.38. The lowest BCUT2D eigenvalue weighted by atomic mass is 10.1. The van der Waals surface area contributed by atoms with Crippen molar-refractivity contribution in [1.29, 1.82) is 0 Å². The Labute approximate surface area is 279 Å². The molecule has 0 bridgehead atoms. The topological polar surface area (TPSA) is 93.0 Å². The second-order valence-corrected chi connectivity index (χ2v) is 14.6. The Kier molecular flexibility index (Phi) is 9.50. The molecule has 3 heterocycles. The van der Waals surface area contributed by atoms with Crippen molar-refractivity contribution in [3.05, 3.63) is 57.7 Å². The van der Waals surface area contributed by atoms with E-state index in [0.29, 0.717) is 53.4 Å². The SMILES string of the molecule is CC(C)(C)OC(=O)N1CC(n2cc(-c3ccc(OC(C)(C)C)cc3)nn2)C[C@@H]1C(=O)N1CCN(c2cc(Cl)c(Cl)c(Cl)c2)CC1. The summed E-state index contributed by atoms with van der Waals surface area (Å²) in [6.45, 7) is 13.8. The molecule has 10 nitrogen and oxygen atoms in total. The van der Waals surface area contributed by atoms with Crippen molar-refractivity contribution in [2.24, 2.45) is 0 Å². The zero-order chi connectivity index (χ0) is 32.7. The molecule has 5 rings (SSSR count). The van der Waals surface area contributed by atoms with Crippen molar-refractivity contribution in [1.82, 2.24) is 24.8 Å². The van der Waals surface area contributed by atoms with Gasteiger partial charge < -0.3 is 19.3 Å². The van der Waals surface area contributed by atoms with Gasteiger partial charge in [-0.05, 0) is 77.9 Å². The van der Waals surface area contributed by atoms with E-state index in [1.807, 2.05) is 72.0 Å². The molecule has 45 heavy (non-hydrogen) atoms. The summed E-state index contributed by atoms with van der Waals surface area (Å²) in [5.41, 5.74) is 1.41. The van der Waals surface area contributed by atoms with Gasteiger partial charge in [0.05, 0.1) is 27.3 Å². The molecule has 3 aromatic rings. The molecule has 0 radical (unpaired) electrons. The molecule has 0 N–H and O–H groups in total. The van der Waals surface area contributed by atoms with Crippen molar-refractivity contribution in [3.63, 3.8) is 0 Å². The monoisotopic (exact) mass is 676 g/mol. The summed E-state index contributed by atoms with van der Waals surface area (Å²) in [5.74, 6) is 0.648. The normalized spacial score (nSPS) is 19.2. The van der Waals surface area contributed by atoms with Crippen LogP contribution < -0.4 is 9.64 Å². The quantitative estimate of drug-likeness (QED) is 0.269. The summed E-state index contributed by atoms with van der Waals surface area (Å²) >= 11 is 18.6. The van der Waals surface area contributed by atoms with E-state index in [9.17, 15) is 9.59 Å². The first kappa shape index (κ1) is 33.2. The van der Waals surface area contributed by atoms with E-state index < -0.39 is 17.7 Å². The first-order valence-electron chi connectivity index (χ1n) is 15.0. The van der Waals surface area contributed by atoms with Gasteiger partial charge in [0.25, 0.3) is 0 Å². The summed E-state index contributed by atoms with van der Waals surface area (Å²) in [6, 6.07) is 10.3. The summed E-state index contributed by atoms with van der Waals surface area (Å²) in [7, 11) is 0. The Morgan fingerprint density at radius 3 is 2.09 bits per heavy atom. The molecule has 2 aliphatic rings. The van der Waals surface area contributed by atoms with Crippen molar-refractivity contribution >= 4 is 52.5 Å². The highest BCUT2D eigenvalue weighted by Crippen LogP contribution is 2.36. The number of hydrogen-bond donors (Lipinski definition) is 0. The number of aromatic nitrogens is 3. The number of hydrogen-bond acceptors (Lipinski definition) is 7. The van der Waals surface area contributed by atoms with Gasteiger partial charge in [-0.2, -0.15) is 0 Å². The average molecular weight is 678 g/mol. The molecule has 2 aliphatic heterocycles. The van der Waals surface area contributed by atoms with Crippen molar-refractivity contribution < 1.29 is 19.1 Å². The number of carbonyl (C=O) groups excluding carboxylic acids is 2. The third-order valence-corrected chi connectivity index (χ3v) is 8.77. The first-order chi connectivity index (χ1) is 21.1. The number of nitrogens with zero attached hydrogens (tertiary/aromatic N) is 6. The molecule has 0 aliphatic carbocycles. The van der Waals surface area contributed by atoms with E-state index in [1.54, 1.807) is 21.7 Å². The van der Waals surface area contributed by atoms with E-state index >= 15 is 0 Å². The number of anilines is 1. The van der Waals surface area contributed by atoms with E-state index in [-0.39, 0.29) is 24.1 Å². The molecular formula is C32H39Cl3N6O4. The molecule has 2 atom stereocenters. The molecule has 13 heteroatoms. The van der Waals surface area contributed by atoms with Gasteiger partial charge in [-0.25, -0.2) is 9.48 Å². The van der Waals surface area contributed by atoms with Crippen LogP contribution in [0, 0.1) is 0 Å². The van der Waals surface area contributed by atoms with E-state index in [2.05, 4.69) is 15.2 Å². The number of amides is 2. The maximum atomic E-state index is 14.0. The molecule has 0 spiro atoms. The van der Waals surface area contributed by atoms with Crippen LogP contribution in [0.15, 0.2) is 42.6 Å². The van der Waals surface area contributed by atoms with Gasteiger partial charge in [-0.3, -0.25) is 9.69 Å². The van der Waals surface area contributed by atoms with E-state index in [0.717, 1.165) is 17.0 Å². The number of carbonyl (C=O) groups is 2. The van der Waals surface area contributed by atoms with Crippen LogP contribution in [-0.4, -0.2) is 86.8 Å². The van der Waals surface area contributed by atoms with Crippen LogP contribution >= 0.6 is 34.8 Å². The van der Waals surface area contributed by atoms with Crippen molar-refractivity contribution in [2.45, 2.75) is 71.2 Å². The highest BCUT2D eigenvalue weighted by atomic mass is 35.5. The molecule has 0 saturated carbocycles. The first-order valence-corrected chi connectivity index (χ1v) is 16.1. The Hall–Kier alpha value is -3.21. The third-order valence-electron chi connectivity index (χ3n) is 7.58. The minimum Gasteiger partial charge on any atom is -0.488 e. The molecule has 1 aromatic heterocycles. The summed E-state index contributed by atoms with van der Waals surface area (Å²) < 4.78 is 13.4. The molecule has 2 aromatic carbocycles. The van der Waals surface area contributed by atoms with Crippen LogP contribution in [0.4, 0.5) is 10.5 Å². The highest BCUT2D eigenvalue weighted by molar-refractivity contribution is 6.48. The van der Waals surface area contributed by atoms with Gasteiger partial charge in [0, 0.05) is 50.4 Å². The molecule has 242 valence electrons. The Balaban J connectivity index is 1.30. The van der Waals surface area contributed by atoms with Crippen LogP contribution in [-0.2, 0) is 9.53 Å². The Morgan fingerprint density at radius 1 is 0.889 bits per heavy atom. The second kappa shape index (κ2) is 12.9. The van der Waals surface area contributed by atoms with Crippen LogP contribution in [0.2, 0.25) is 15.1 Å². The van der Waals surface area contributed by atoms with Gasteiger partial charge in [-0.15, -0.1) is 5.10 Å². The van der Waals surface area contributed by atoms with Crippen LogP contribution in [0.3, 0.4) is 0 Å². The predicted molar refractivity (Wildman–Crippen MR) is 176 cm³/mol. The zero-order valence-electron chi connectivity index (χ0n) is 26.4. The number of rotatable bonds is 5. The number of halogens is 3. The minimum atomic E-state index is -0.710. The number of ether oxygens (including phenoxy) is 2. The Bertz CT molecular complexity index is 1520. The molecule has 2 fully saturated rings. The lowest BCUT2D eigenvalue weighted by molar-refractivity contribution is -0.136. The second-order valence-electron chi connectivity index (χ2n) is 13.4. The fourth-order valence-electron chi connectivity index (χ4n) is 5.52. The summed E-state index contributed by atoms with van der Waals surface area (Å²) in [6.07, 6.45) is 1.72. The van der Waals surface area contributed by atoms with E-state index in [4.69, 9.17) is 44.3 Å². The highest BCUT2D eigenvalue weighted by Gasteiger charge is 2.44. The average Bonchev–Trinajstić information content (AvgIpc) is 3.62. The van der Waals surface area contributed by atoms with Gasteiger partial charge in [-0.1, -0.05) is 40.0 Å². The smallest absolute Gasteiger partial charge is 0.411 e. The summed E-state index contributed by atoms with van der Waals surface area (Å²) in [4.78, 5) is 32.7. The van der Waals surface area contributed by atoms with Crippen molar-refractivity contribution in [2.75, 3.05) is 37.6 Å². The fraction of sp³-hybridized carbons (Fsp3) is 0.500. The fourth-order valence-corrected chi connectivity index (χ4v) is 6.10. The van der Waals surface area contributed by atoms with E-state index in [1.165, 1.54) is 4.90 Å². The molecule has 1 unspecified atom stereocenters. The number of piperazine rings is 1. The Morgan fingerprint density at radius 2 is 1.51 bits per heavy atom. The zero-order valence-corrected chi connectivity index (χ0v) is 28.7. The van der Waals surface area contributed by atoms with Gasteiger partial charge >= 0.3 is 6.09 Å². The van der Waals surface area contributed by atoms with Gasteiger partial charge in [0.15, 0.2) is 0 Å². The van der Waals surface area contributed by atoms with Crippen molar-refractivity contribution in [3.8, 4) is 17.0 Å². The van der Waals surface area contributed by atoms with Gasteiger partial charge in [0.2, 0.25) is 5.91 Å². The molecular weight excluding hydrogens is 639 g/mol. The standard InChI is InChI=1S/C32H39Cl3N6O4/c1-31(2,3)44-23-9-7-20(8-10-23)26-19-41(37-36-26)22-17-27(40(18-22)30(43)45-32(4,5)6)29(42)39-13-11-38(12-14-39)21-15-24(33)28(35)25(34)16-21/h7-10,15-16,19,22,27H,11-14,17-18H2,1-6H3/t22?,27-/m1/s1. The lowest BCUT2D eigenvalue weighted by Crippen LogP contribution is -2.54. The summed E-state index contributed by atoms with van der Waals surface area (Å²) in [5, 5.41) is 9.85. The largest absolute Gasteiger partial charge is 0.488 e. The minimum absolute atomic E-state index is 0.120. The van der Waals surface area contributed by atoms with Crippen LogP contribution in [0.25, 0.3) is 11.3 Å². The molecule has 2 amide bonds. The molecule has 2 saturated heterocycles. The van der Waals surface area contributed by atoms with Crippen LogP contribution in [0.1, 0.15) is 54.0 Å². The number of benzene rings is 2. The third kappa shape index (κ3) is 7.96. The van der Waals surface area contributed by atoms with Gasteiger partial charge in [0.1, 0.15) is 28.7 Å².